The lowest BCUT2D eigenvalue weighted by atomic mass is 10.1. The third-order valence-electron chi connectivity index (χ3n) is 2.32. The van der Waals surface area contributed by atoms with Crippen molar-refractivity contribution in [1.29, 1.82) is 0 Å². The first-order valence-corrected chi connectivity index (χ1v) is 6.73. The Morgan fingerprint density at radius 1 is 1.12 bits per heavy atom. The largest absolute Gasteiger partial charge is 0.271 e. The zero-order valence-electron chi connectivity index (χ0n) is 8.58. The summed E-state index contributed by atoms with van der Waals surface area (Å²) in [6.45, 7) is 0. The van der Waals surface area contributed by atoms with E-state index < -0.39 is 0 Å². The lowest BCUT2D eigenvalue weighted by Crippen LogP contribution is -2.28. The van der Waals surface area contributed by atoms with Crippen LogP contribution in [0.25, 0.3) is 0 Å². The summed E-state index contributed by atoms with van der Waals surface area (Å²) in [4.78, 5) is 1.00. The molecule has 6 heteroatoms. The summed E-state index contributed by atoms with van der Waals surface area (Å²) in [7, 11) is 0. The monoisotopic (exact) mass is 306 g/mol. The van der Waals surface area contributed by atoms with Crippen molar-refractivity contribution >= 4 is 46.1 Å². The molecule has 90 valence electrons. The van der Waals surface area contributed by atoms with E-state index in [0.717, 1.165) is 10.4 Å². The molecule has 0 aliphatic rings. The van der Waals surface area contributed by atoms with Gasteiger partial charge in [-0.2, -0.15) is 0 Å². The molecule has 0 aliphatic carbocycles. The molecule has 17 heavy (non-hydrogen) atoms. The Morgan fingerprint density at radius 2 is 1.88 bits per heavy atom. The number of hydrogen-bond donors (Lipinski definition) is 2. The van der Waals surface area contributed by atoms with Crippen molar-refractivity contribution in [1.82, 2.24) is 5.43 Å². The average molecular weight is 308 g/mol. The van der Waals surface area contributed by atoms with Gasteiger partial charge in [-0.05, 0) is 29.8 Å². The zero-order chi connectivity index (χ0) is 12.4. The predicted molar refractivity (Wildman–Crippen MR) is 75.0 cm³/mol. The second kappa shape index (κ2) is 5.57. The highest BCUT2D eigenvalue weighted by Crippen LogP contribution is 2.34. The maximum absolute atomic E-state index is 6.15. The SMILES string of the molecule is NNC(c1ccc(Cl)s1)c1ccc(Cl)cc1Cl. The van der Waals surface area contributed by atoms with E-state index in [-0.39, 0.29) is 6.04 Å². The summed E-state index contributed by atoms with van der Waals surface area (Å²) in [5.74, 6) is 5.57. The normalized spacial score (nSPS) is 12.7. The number of nitrogens with two attached hydrogens (primary N) is 1. The summed E-state index contributed by atoms with van der Waals surface area (Å²) >= 11 is 19.4. The van der Waals surface area contributed by atoms with Crippen molar-refractivity contribution in [3.63, 3.8) is 0 Å². The van der Waals surface area contributed by atoms with Crippen LogP contribution < -0.4 is 11.3 Å². The van der Waals surface area contributed by atoms with Gasteiger partial charge < -0.3 is 0 Å². The third-order valence-corrected chi connectivity index (χ3v) is 4.18. The molecule has 1 aromatic carbocycles. The Kier molecular flexibility index (Phi) is 4.31. The van der Waals surface area contributed by atoms with Crippen LogP contribution in [0.3, 0.4) is 0 Å². The van der Waals surface area contributed by atoms with Crippen molar-refractivity contribution in [3.05, 3.63) is 55.2 Å². The highest BCUT2D eigenvalue weighted by Gasteiger charge is 2.17. The molecule has 0 bridgehead atoms. The van der Waals surface area contributed by atoms with Gasteiger partial charge in [0.2, 0.25) is 0 Å². The average Bonchev–Trinajstić information content (AvgIpc) is 2.69. The summed E-state index contributed by atoms with van der Waals surface area (Å²) in [6.07, 6.45) is 0. The number of thiophene rings is 1. The number of rotatable bonds is 3. The molecule has 2 rings (SSSR count). The maximum Gasteiger partial charge on any atom is 0.0931 e. The lowest BCUT2D eigenvalue weighted by molar-refractivity contribution is 0.647. The fourth-order valence-electron chi connectivity index (χ4n) is 1.54. The van der Waals surface area contributed by atoms with Gasteiger partial charge in [0.25, 0.3) is 0 Å². The van der Waals surface area contributed by atoms with E-state index in [1.54, 1.807) is 12.1 Å². The molecular formula is C11H9Cl3N2S. The van der Waals surface area contributed by atoms with Gasteiger partial charge in [0.1, 0.15) is 0 Å². The van der Waals surface area contributed by atoms with Crippen LogP contribution in [0.5, 0.6) is 0 Å². The Labute approximate surface area is 118 Å². The van der Waals surface area contributed by atoms with Crippen LogP contribution in [-0.4, -0.2) is 0 Å². The van der Waals surface area contributed by atoms with Crippen molar-refractivity contribution < 1.29 is 0 Å². The molecule has 0 saturated carbocycles. The quantitative estimate of drug-likeness (QED) is 0.657. The highest BCUT2D eigenvalue weighted by molar-refractivity contribution is 7.16. The molecule has 1 atom stereocenters. The smallest absolute Gasteiger partial charge is 0.0931 e. The van der Waals surface area contributed by atoms with E-state index in [2.05, 4.69) is 5.43 Å². The standard InChI is InChI=1S/C11H9Cl3N2S/c12-6-1-2-7(8(13)5-6)11(16-15)9-3-4-10(14)17-9/h1-5,11,16H,15H2. The molecule has 0 saturated heterocycles. The van der Waals surface area contributed by atoms with Crippen molar-refractivity contribution in [2.75, 3.05) is 0 Å². The van der Waals surface area contributed by atoms with Crippen LogP contribution >= 0.6 is 46.1 Å². The van der Waals surface area contributed by atoms with Crippen LogP contribution in [0.4, 0.5) is 0 Å². The highest BCUT2D eigenvalue weighted by atomic mass is 35.5. The van der Waals surface area contributed by atoms with Crippen LogP contribution in [-0.2, 0) is 0 Å². The summed E-state index contributed by atoms with van der Waals surface area (Å²) < 4.78 is 0.713. The minimum atomic E-state index is -0.183. The number of halogens is 3. The van der Waals surface area contributed by atoms with Gasteiger partial charge in [-0.3, -0.25) is 5.84 Å². The number of nitrogens with one attached hydrogen (secondary N) is 1. The molecule has 0 fully saturated rings. The first-order valence-electron chi connectivity index (χ1n) is 4.78. The summed E-state index contributed by atoms with van der Waals surface area (Å²) in [5, 5.41) is 1.17. The molecule has 2 aromatic rings. The van der Waals surface area contributed by atoms with E-state index in [1.807, 2.05) is 18.2 Å². The minimum Gasteiger partial charge on any atom is -0.271 e. The Hall–Kier alpha value is -0.290. The molecule has 0 aliphatic heterocycles. The number of hydrazine groups is 1. The Balaban J connectivity index is 2.42. The minimum absolute atomic E-state index is 0.183. The Bertz CT molecular complexity index is 527. The molecule has 1 aromatic heterocycles. The van der Waals surface area contributed by atoms with Gasteiger partial charge in [-0.1, -0.05) is 40.9 Å². The van der Waals surface area contributed by atoms with Crippen molar-refractivity contribution in [3.8, 4) is 0 Å². The number of benzene rings is 1. The molecule has 1 heterocycles. The van der Waals surface area contributed by atoms with Gasteiger partial charge in [-0.25, -0.2) is 5.43 Å². The predicted octanol–water partition coefficient (Wildman–Crippen LogP) is 4.26. The van der Waals surface area contributed by atoms with Gasteiger partial charge in [0, 0.05) is 14.9 Å². The second-order valence-electron chi connectivity index (χ2n) is 3.41. The Morgan fingerprint density at radius 3 is 2.41 bits per heavy atom. The molecule has 1 unspecified atom stereocenters. The summed E-state index contributed by atoms with van der Waals surface area (Å²) in [5.41, 5.74) is 3.60. The number of hydrogen-bond acceptors (Lipinski definition) is 3. The van der Waals surface area contributed by atoms with Crippen LogP contribution in [0.2, 0.25) is 14.4 Å². The summed E-state index contributed by atoms with van der Waals surface area (Å²) in [6, 6.07) is 8.89. The van der Waals surface area contributed by atoms with Gasteiger partial charge >= 0.3 is 0 Å². The van der Waals surface area contributed by atoms with Crippen LogP contribution in [0.15, 0.2) is 30.3 Å². The van der Waals surface area contributed by atoms with E-state index in [1.165, 1.54) is 11.3 Å². The van der Waals surface area contributed by atoms with Gasteiger partial charge in [0.15, 0.2) is 0 Å². The first kappa shape index (κ1) is 13.1. The second-order valence-corrected chi connectivity index (χ2v) is 6.00. The fourth-order valence-corrected chi connectivity index (χ4v) is 3.20. The van der Waals surface area contributed by atoms with Crippen molar-refractivity contribution in [2.24, 2.45) is 5.84 Å². The van der Waals surface area contributed by atoms with Gasteiger partial charge in [0.05, 0.1) is 10.4 Å². The molecule has 3 N–H and O–H groups in total. The molecule has 0 radical (unpaired) electrons. The molecule has 0 spiro atoms. The third kappa shape index (κ3) is 2.94. The van der Waals surface area contributed by atoms with Gasteiger partial charge in [-0.15, -0.1) is 11.3 Å². The van der Waals surface area contributed by atoms with Crippen LogP contribution in [0, 0.1) is 0 Å². The maximum atomic E-state index is 6.15. The van der Waals surface area contributed by atoms with Crippen LogP contribution in [0.1, 0.15) is 16.5 Å². The van der Waals surface area contributed by atoms with E-state index in [4.69, 9.17) is 40.6 Å². The van der Waals surface area contributed by atoms with E-state index in [9.17, 15) is 0 Å². The first-order chi connectivity index (χ1) is 8.11. The van der Waals surface area contributed by atoms with Crippen molar-refractivity contribution in [2.45, 2.75) is 6.04 Å². The lowest BCUT2D eigenvalue weighted by Gasteiger charge is -2.16. The molecular weight excluding hydrogens is 299 g/mol. The molecule has 0 amide bonds. The topological polar surface area (TPSA) is 38.0 Å². The zero-order valence-corrected chi connectivity index (χ0v) is 11.7. The fraction of sp³-hybridized carbons (Fsp3) is 0.0909. The molecule has 2 nitrogen and oxygen atoms in total. The van der Waals surface area contributed by atoms with E-state index >= 15 is 0 Å². The van der Waals surface area contributed by atoms with E-state index in [0.29, 0.717) is 14.4 Å².